The first kappa shape index (κ1) is 29.9. The minimum atomic E-state index is -4.82. The molecule has 11 heteroatoms. The molecular formula is C30H23ClF6N2O2. The first-order valence-electron chi connectivity index (χ1n) is 12.2. The molecule has 1 aromatic heterocycles. The van der Waals surface area contributed by atoms with Gasteiger partial charge in [-0.2, -0.15) is 13.2 Å². The van der Waals surface area contributed by atoms with Crippen molar-refractivity contribution in [1.29, 1.82) is 0 Å². The van der Waals surface area contributed by atoms with Gasteiger partial charge in [0.1, 0.15) is 17.1 Å². The number of benzene rings is 3. The zero-order chi connectivity index (χ0) is 30.0. The molecule has 4 aromatic rings. The van der Waals surface area contributed by atoms with Crippen LogP contribution in [0.1, 0.15) is 45.2 Å². The van der Waals surface area contributed by atoms with E-state index in [9.17, 15) is 31.1 Å². The number of nitrogens with zero attached hydrogens (tertiary/aromatic N) is 1. The summed E-state index contributed by atoms with van der Waals surface area (Å²) in [7, 11) is 1.10. The monoisotopic (exact) mass is 592 g/mol. The second-order valence-electron chi connectivity index (χ2n) is 9.38. The first-order chi connectivity index (χ1) is 19.2. The van der Waals surface area contributed by atoms with Gasteiger partial charge < -0.3 is 10.1 Å². The largest absolute Gasteiger partial charge is 0.496 e. The van der Waals surface area contributed by atoms with E-state index in [1.165, 1.54) is 24.4 Å². The topological polar surface area (TPSA) is 51.2 Å². The van der Waals surface area contributed by atoms with Crippen molar-refractivity contribution < 1.29 is 35.9 Å². The Morgan fingerprint density at radius 2 is 1.63 bits per heavy atom. The zero-order valence-electron chi connectivity index (χ0n) is 21.7. The Balaban J connectivity index is 1.98. The van der Waals surface area contributed by atoms with Crippen LogP contribution in [0.25, 0.3) is 0 Å². The van der Waals surface area contributed by atoms with Crippen molar-refractivity contribution in [2.45, 2.75) is 31.0 Å². The average Bonchev–Trinajstić information content (AvgIpc) is 2.92. The maximum absolute atomic E-state index is 14.2. The van der Waals surface area contributed by atoms with Gasteiger partial charge in [0.2, 0.25) is 0 Å². The van der Waals surface area contributed by atoms with Gasteiger partial charge >= 0.3 is 6.18 Å². The fourth-order valence-corrected chi connectivity index (χ4v) is 4.63. The molecule has 0 saturated heterocycles. The molecule has 0 saturated carbocycles. The number of pyridine rings is 1. The van der Waals surface area contributed by atoms with Crippen LogP contribution in [0.5, 0.6) is 5.75 Å². The third-order valence-electron chi connectivity index (χ3n) is 6.50. The summed E-state index contributed by atoms with van der Waals surface area (Å²) in [6.07, 6.45) is -3.66. The predicted octanol–water partition coefficient (Wildman–Crippen LogP) is 7.93. The standard InChI is InChI=1S/C30H23ClF6N2O2/c1-28(33,34)22-14-19(8-11-24(22)32)27(40)39-29(16-18-6-4-3-5-7-18,26-13-10-21(31)17-38-26)20-9-12-25(41-2)23(15-20)30(35,36)37/h3-15,17H,16H2,1-2H3,(H,39,40)/t29-/m1/s1. The molecule has 1 amide bonds. The van der Waals surface area contributed by atoms with Crippen LogP contribution in [-0.2, 0) is 24.1 Å². The van der Waals surface area contributed by atoms with E-state index >= 15 is 0 Å². The molecule has 0 aliphatic rings. The lowest BCUT2D eigenvalue weighted by molar-refractivity contribution is -0.138. The highest BCUT2D eigenvalue weighted by Crippen LogP contribution is 2.41. The molecular weight excluding hydrogens is 570 g/mol. The quantitative estimate of drug-likeness (QED) is 0.211. The minimum Gasteiger partial charge on any atom is -0.496 e. The number of methoxy groups -OCH3 is 1. The molecule has 0 fully saturated rings. The molecule has 41 heavy (non-hydrogen) atoms. The SMILES string of the molecule is COc1ccc([C@@](Cc2ccccc2)(NC(=O)c2ccc(F)c(C(C)(F)F)c2)c2ccc(Cl)cn2)cc1C(F)(F)F. The number of alkyl halides is 5. The van der Waals surface area contributed by atoms with Crippen molar-refractivity contribution in [2.75, 3.05) is 7.11 Å². The molecule has 0 unspecified atom stereocenters. The van der Waals surface area contributed by atoms with Crippen molar-refractivity contribution in [3.05, 3.63) is 129 Å². The first-order valence-corrected chi connectivity index (χ1v) is 12.5. The van der Waals surface area contributed by atoms with Crippen LogP contribution in [0.2, 0.25) is 5.02 Å². The third kappa shape index (κ3) is 6.48. The lowest BCUT2D eigenvalue weighted by atomic mass is 9.79. The molecule has 214 valence electrons. The van der Waals surface area contributed by atoms with Crippen LogP contribution in [0, 0.1) is 5.82 Å². The van der Waals surface area contributed by atoms with Gasteiger partial charge in [-0.25, -0.2) is 13.2 Å². The summed E-state index contributed by atoms with van der Waals surface area (Å²) in [5.41, 5.74) is -3.53. The second-order valence-corrected chi connectivity index (χ2v) is 9.82. The van der Waals surface area contributed by atoms with Gasteiger partial charge in [-0.15, -0.1) is 0 Å². The normalized spacial score (nSPS) is 13.4. The van der Waals surface area contributed by atoms with Gasteiger partial charge in [0, 0.05) is 25.1 Å². The summed E-state index contributed by atoms with van der Waals surface area (Å²) >= 11 is 6.05. The zero-order valence-corrected chi connectivity index (χ0v) is 22.5. The molecule has 4 rings (SSSR count). The van der Waals surface area contributed by atoms with Crippen LogP contribution >= 0.6 is 11.6 Å². The predicted molar refractivity (Wildman–Crippen MR) is 142 cm³/mol. The maximum Gasteiger partial charge on any atom is 0.419 e. The number of carbonyl (C=O) groups is 1. The van der Waals surface area contributed by atoms with E-state index in [4.69, 9.17) is 16.3 Å². The van der Waals surface area contributed by atoms with Crippen molar-refractivity contribution in [2.24, 2.45) is 0 Å². The van der Waals surface area contributed by atoms with E-state index in [0.29, 0.717) is 18.6 Å². The summed E-state index contributed by atoms with van der Waals surface area (Å²) in [5, 5.41) is 2.97. The van der Waals surface area contributed by atoms with E-state index < -0.39 is 46.2 Å². The van der Waals surface area contributed by atoms with Gasteiger partial charge in [-0.1, -0.05) is 48.0 Å². The smallest absolute Gasteiger partial charge is 0.419 e. The van der Waals surface area contributed by atoms with E-state index in [0.717, 1.165) is 31.4 Å². The third-order valence-corrected chi connectivity index (χ3v) is 6.73. The van der Waals surface area contributed by atoms with Crippen LogP contribution in [0.15, 0.2) is 85.1 Å². The number of nitrogens with one attached hydrogen (secondary N) is 1. The lowest BCUT2D eigenvalue weighted by Crippen LogP contribution is -2.49. The van der Waals surface area contributed by atoms with Gasteiger partial charge in [0.25, 0.3) is 11.8 Å². The average molecular weight is 593 g/mol. The molecule has 4 nitrogen and oxygen atoms in total. The highest BCUT2D eigenvalue weighted by Gasteiger charge is 2.42. The highest BCUT2D eigenvalue weighted by atomic mass is 35.5. The number of amides is 1. The lowest BCUT2D eigenvalue weighted by Gasteiger charge is -2.36. The Kier molecular flexibility index (Phi) is 8.35. The molecule has 0 aliphatic carbocycles. The number of halogens is 7. The summed E-state index contributed by atoms with van der Waals surface area (Å²) in [4.78, 5) is 18.0. The number of hydrogen-bond acceptors (Lipinski definition) is 3. The Labute approximate surface area is 236 Å². The molecule has 0 spiro atoms. The van der Waals surface area contributed by atoms with E-state index in [-0.39, 0.29) is 28.3 Å². The molecule has 0 aliphatic heterocycles. The second kappa shape index (κ2) is 11.4. The fourth-order valence-electron chi connectivity index (χ4n) is 4.52. The van der Waals surface area contributed by atoms with Crippen LogP contribution in [-0.4, -0.2) is 18.0 Å². The Morgan fingerprint density at radius 3 is 2.22 bits per heavy atom. The molecule has 1 N–H and O–H groups in total. The van der Waals surface area contributed by atoms with E-state index in [2.05, 4.69) is 10.3 Å². The summed E-state index contributed by atoms with van der Waals surface area (Å²) in [6.45, 7) is 0.487. The number of ether oxygens (including phenoxy) is 1. The van der Waals surface area contributed by atoms with Crippen molar-refractivity contribution >= 4 is 17.5 Å². The number of carbonyl (C=O) groups excluding carboxylic acids is 1. The molecule has 0 radical (unpaired) electrons. The Hall–Kier alpha value is -4.05. The van der Waals surface area contributed by atoms with Crippen molar-refractivity contribution in [3.8, 4) is 5.75 Å². The molecule has 1 atom stereocenters. The van der Waals surface area contributed by atoms with E-state index in [1.807, 2.05) is 0 Å². The fraction of sp³-hybridized carbons (Fsp3) is 0.200. The maximum atomic E-state index is 14.2. The van der Waals surface area contributed by atoms with Crippen molar-refractivity contribution in [1.82, 2.24) is 10.3 Å². The van der Waals surface area contributed by atoms with Gasteiger partial charge in [-0.05, 0) is 53.6 Å². The minimum absolute atomic E-state index is 0.0270. The molecule has 1 heterocycles. The molecule has 3 aromatic carbocycles. The molecule has 0 bridgehead atoms. The Morgan fingerprint density at radius 1 is 0.927 bits per heavy atom. The van der Waals surface area contributed by atoms with E-state index in [1.54, 1.807) is 30.3 Å². The summed E-state index contributed by atoms with van der Waals surface area (Å²) in [6, 6.07) is 17.2. The van der Waals surface area contributed by atoms with Crippen molar-refractivity contribution in [3.63, 3.8) is 0 Å². The van der Waals surface area contributed by atoms with Gasteiger partial charge in [-0.3, -0.25) is 9.78 Å². The van der Waals surface area contributed by atoms with Crippen LogP contribution in [0.3, 0.4) is 0 Å². The van der Waals surface area contributed by atoms with Gasteiger partial charge in [0.15, 0.2) is 0 Å². The van der Waals surface area contributed by atoms with Gasteiger partial charge in [0.05, 0.1) is 29.0 Å². The van der Waals surface area contributed by atoms with Crippen LogP contribution in [0.4, 0.5) is 26.3 Å². The van der Waals surface area contributed by atoms with Crippen LogP contribution < -0.4 is 10.1 Å². The number of hydrogen-bond donors (Lipinski definition) is 1. The highest BCUT2D eigenvalue weighted by molar-refractivity contribution is 6.30. The number of rotatable bonds is 8. The number of aromatic nitrogens is 1. The summed E-state index contributed by atoms with van der Waals surface area (Å²) < 4.78 is 89.6. The summed E-state index contributed by atoms with van der Waals surface area (Å²) in [5.74, 6) is -6.21. The Bertz CT molecular complexity index is 1540.